The predicted octanol–water partition coefficient (Wildman–Crippen LogP) is 2.90. The summed E-state index contributed by atoms with van der Waals surface area (Å²) in [6.07, 6.45) is 0. The van der Waals surface area contributed by atoms with Crippen molar-refractivity contribution >= 4 is 21.4 Å². The minimum atomic E-state index is -3.46. The Bertz CT molecular complexity index is 1100. The van der Waals surface area contributed by atoms with Gasteiger partial charge in [0.2, 0.25) is 15.0 Å². The number of nitrogens with zero attached hydrogens (tertiary/aromatic N) is 2. The highest BCUT2D eigenvalue weighted by Gasteiger charge is 2.35. The lowest BCUT2D eigenvalue weighted by molar-refractivity contribution is 0.101. The van der Waals surface area contributed by atoms with E-state index in [1.807, 2.05) is 55.5 Å². The Labute approximate surface area is 151 Å². The second-order valence-electron chi connectivity index (χ2n) is 6.25. The monoisotopic (exact) mass is 367 g/mol. The Balaban J connectivity index is 1.83. The summed E-state index contributed by atoms with van der Waals surface area (Å²) in [4.78, 5) is 17.3. The van der Waals surface area contributed by atoms with Crippen molar-refractivity contribution in [2.24, 2.45) is 0 Å². The molecule has 2 heterocycles. The average Bonchev–Trinajstić information content (AvgIpc) is 3.14. The van der Waals surface area contributed by atoms with Crippen molar-refractivity contribution in [1.82, 2.24) is 9.55 Å². The van der Waals surface area contributed by atoms with Crippen LogP contribution in [-0.4, -0.2) is 29.6 Å². The van der Waals surface area contributed by atoms with E-state index in [2.05, 4.69) is 10.3 Å². The molecule has 7 heteroatoms. The van der Waals surface area contributed by atoms with Crippen molar-refractivity contribution in [1.29, 1.82) is 0 Å². The van der Waals surface area contributed by atoms with Crippen molar-refractivity contribution in [2.75, 3.05) is 11.1 Å². The number of carbonyl (C=O) groups is 1. The summed E-state index contributed by atoms with van der Waals surface area (Å²) >= 11 is 0. The zero-order valence-electron chi connectivity index (χ0n) is 14.1. The summed E-state index contributed by atoms with van der Waals surface area (Å²) in [5.41, 5.74) is 3.04. The zero-order valence-corrected chi connectivity index (χ0v) is 15.0. The second-order valence-corrected chi connectivity index (χ2v) is 8.25. The van der Waals surface area contributed by atoms with E-state index in [1.54, 1.807) is 6.07 Å². The fourth-order valence-electron chi connectivity index (χ4n) is 3.12. The van der Waals surface area contributed by atoms with Crippen molar-refractivity contribution in [2.45, 2.75) is 18.6 Å². The van der Waals surface area contributed by atoms with E-state index in [0.29, 0.717) is 16.9 Å². The number of aromatic nitrogens is 2. The number of amides is 1. The Kier molecular flexibility index (Phi) is 3.88. The number of sulfone groups is 1. The van der Waals surface area contributed by atoms with Gasteiger partial charge in [-0.1, -0.05) is 42.5 Å². The van der Waals surface area contributed by atoms with Gasteiger partial charge in [-0.3, -0.25) is 4.79 Å². The van der Waals surface area contributed by atoms with Crippen molar-refractivity contribution < 1.29 is 13.2 Å². The lowest BCUT2D eigenvalue weighted by Crippen LogP contribution is -2.17. The van der Waals surface area contributed by atoms with Crippen molar-refractivity contribution in [3.63, 3.8) is 0 Å². The van der Waals surface area contributed by atoms with Gasteiger partial charge in [-0.15, -0.1) is 0 Å². The van der Waals surface area contributed by atoms with Crippen LogP contribution in [0.4, 0.5) is 5.69 Å². The average molecular weight is 367 g/mol. The van der Waals surface area contributed by atoms with Crippen LogP contribution in [-0.2, 0) is 16.4 Å². The number of anilines is 1. The number of fused-ring (bicyclic) bond motifs is 1. The molecule has 1 aliphatic rings. The van der Waals surface area contributed by atoms with Gasteiger partial charge >= 0.3 is 0 Å². The molecule has 6 nitrogen and oxygen atoms in total. The van der Waals surface area contributed by atoms with Crippen LogP contribution in [0, 0.1) is 6.92 Å². The van der Waals surface area contributed by atoms with E-state index in [-0.39, 0.29) is 29.1 Å². The van der Waals surface area contributed by atoms with E-state index in [1.165, 1.54) is 4.57 Å². The van der Waals surface area contributed by atoms with Gasteiger partial charge in [-0.25, -0.2) is 13.4 Å². The molecular weight excluding hydrogens is 350 g/mol. The number of imidazole rings is 1. The largest absolute Gasteiger partial charge is 0.321 e. The topological polar surface area (TPSA) is 81.1 Å². The van der Waals surface area contributed by atoms with E-state index < -0.39 is 9.84 Å². The third-order valence-corrected chi connectivity index (χ3v) is 5.92. The minimum Gasteiger partial charge on any atom is -0.321 e. The zero-order chi connectivity index (χ0) is 18.3. The predicted molar refractivity (Wildman–Crippen MR) is 98.8 cm³/mol. The van der Waals surface area contributed by atoms with Crippen LogP contribution in [0.15, 0.2) is 59.8 Å². The number of aryl methyl sites for hydroxylation is 1. The van der Waals surface area contributed by atoms with E-state index >= 15 is 0 Å². The van der Waals surface area contributed by atoms with Crippen LogP contribution in [0.3, 0.4) is 0 Å². The number of carbonyl (C=O) groups excluding carboxylic acids is 1. The van der Waals surface area contributed by atoms with Crippen LogP contribution in [0.2, 0.25) is 0 Å². The van der Waals surface area contributed by atoms with Gasteiger partial charge < -0.3 is 9.88 Å². The molecular formula is C19H17N3O3S. The molecule has 1 aliphatic heterocycles. The van der Waals surface area contributed by atoms with Gasteiger partial charge in [0, 0.05) is 17.8 Å². The first kappa shape index (κ1) is 16.5. The molecule has 1 amide bonds. The molecule has 0 spiro atoms. The number of hydrogen-bond acceptors (Lipinski definition) is 4. The maximum Gasteiger partial charge on any atom is 0.274 e. The molecule has 1 N–H and O–H groups in total. The van der Waals surface area contributed by atoms with Crippen molar-refractivity contribution in [3.05, 3.63) is 65.9 Å². The molecule has 0 unspecified atom stereocenters. The van der Waals surface area contributed by atoms with Crippen LogP contribution in [0.5, 0.6) is 0 Å². The molecule has 4 rings (SSSR count). The van der Waals surface area contributed by atoms with Gasteiger partial charge in [0.1, 0.15) is 11.4 Å². The second kappa shape index (κ2) is 6.10. The number of rotatable bonds is 3. The smallest absolute Gasteiger partial charge is 0.274 e. The highest BCUT2D eigenvalue weighted by atomic mass is 32.2. The maximum atomic E-state index is 13.0. The fourth-order valence-corrected chi connectivity index (χ4v) is 4.47. The van der Waals surface area contributed by atoms with E-state index in [0.717, 1.165) is 5.56 Å². The molecule has 0 aliphatic carbocycles. The fraction of sp³-hybridized carbons (Fsp3) is 0.158. The van der Waals surface area contributed by atoms with Crippen molar-refractivity contribution in [3.8, 4) is 11.3 Å². The summed E-state index contributed by atoms with van der Waals surface area (Å²) in [7, 11) is -3.46. The summed E-state index contributed by atoms with van der Waals surface area (Å²) in [6, 6.07) is 16.6. The molecule has 132 valence electrons. The standard InChI is InChI=1S/C19H17N3O3S/c1-13-6-5-9-15(12-13)20-18(23)17-16(14-7-3-2-4-8-14)21-19-22(17)10-11-26(19,24)25/h2-9,12H,10-11H2,1H3,(H,20,23). The molecule has 2 aromatic carbocycles. The Morgan fingerprint density at radius 1 is 1.12 bits per heavy atom. The van der Waals surface area contributed by atoms with Gasteiger partial charge in [-0.05, 0) is 24.6 Å². The molecule has 0 bridgehead atoms. The molecule has 26 heavy (non-hydrogen) atoms. The van der Waals surface area contributed by atoms with Gasteiger partial charge in [0.05, 0.1) is 5.75 Å². The molecule has 0 atom stereocenters. The normalized spacial score (nSPS) is 14.8. The third kappa shape index (κ3) is 2.80. The van der Waals surface area contributed by atoms with Gasteiger partial charge in [-0.2, -0.15) is 0 Å². The minimum absolute atomic E-state index is 0.0326. The molecule has 0 saturated heterocycles. The molecule has 0 saturated carbocycles. The van der Waals surface area contributed by atoms with Gasteiger partial charge in [0.15, 0.2) is 0 Å². The number of hydrogen-bond donors (Lipinski definition) is 1. The highest BCUT2D eigenvalue weighted by molar-refractivity contribution is 7.91. The van der Waals surface area contributed by atoms with Gasteiger partial charge in [0.25, 0.3) is 5.91 Å². The summed E-state index contributed by atoms with van der Waals surface area (Å²) in [6.45, 7) is 2.17. The first-order valence-electron chi connectivity index (χ1n) is 8.22. The van der Waals surface area contributed by atoms with E-state index in [4.69, 9.17) is 0 Å². The summed E-state index contributed by atoms with van der Waals surface area (Å²) in [5, 5.41) is 2.82. The third-order valence-electron chi connectivity index (χ3n) is 4.33. The first-order valence-corrected chi connectivity index (χ1v) is 9.88. The van der Waals surface area contributed by atoms with Crippen LogP contribution in [0.25, 0.3) is 11.3 Å². The molecule has 1 aromatic heterocycles. The highest BCUT2D eigenvalue weighted by Crippen LogP contribution is 2.30. The van der Waals surface area contributed by atoms with E-state index in [9.17, 15) is 13.2 Å². The van der Waals surface area contributed by atoms with Crippen LogP contribution in [0.1, 0.15) is 16.1 Å². The lowest BCUT2D eigenvalue weighted by Gasteiger charge is -2.09. The molecule has 3 aromatic rings. The quantitative estimate of drug-likeness (QED) is 0.772. The maximum absolute atomic E-state index is 13.0. The number of nitrogens with one attached hydrogen (secondary N) is 1. The Hall–Kier alpha value is -2.93. The SMILES string of the molecule is Cc1cccc(NC(=O)c2c(-c3ccccc3)nc3n2CCS3(=O)=O)c1. The molecule has 0 radical (unpaired) electrons. The lowest BCUT2D eigenvalue weighted by atomic mass is 10.1. The first-order chi connectivity index (χ1) is 12.5. The number of benzene rings is 2. The summed E-state index contributed by atoms with van der Waals surface area (Å²) < 4.78 is 26.0. The Morgan fingerprint density at radius 3 is 2.62 bits per heavy atom. The summed E-state index contributed by atoms with van der Waals surface area (Å²) in [5.74, 6) is -0.403. The van der Waals surface area contributed by atoms with Crippen LogP contribution >= 0.6 is 0 Å². The Morgan fingerprint density at radius 2 is 1.88 bits per heavy atom. The van der Waals surface area contributed by atoms with Crippen LogP contribution < -0.4 is 5.32 Å². The molecule has 0 fully saturated rings.